The minimum Gasteiger partial charge on any atom is -0.493 e. The summed E-state index contributed by atoms with van der Waals surface area (Å²) >= 11 is 0. The maximum Gasteiger partial charge on any atom is 0.352 e. The van der Waals surface area contributed by atoms with Crippen LogP contribution in [0.25, 0.3) is 22.0 Å². The van der Waals surface area contributed by atoms with Gasteiger partial charge >= 0.3 is 5.97 Å². The van der Waals surface area contributed by atoms with Crippen molar-refractivity contribution in [1.82, 2.24) is 14.8 Å². The number of carboxylic acids is 1. The molecule has 0 amide bonds. The van der Waals surface area contributed by atoms with E-state index in [0.29, 0.717) is 45.1 Å². The number of fused-ring (bicyclic) bond motifs is 3. The lowest BCUT2D eigenvalue weighted by Gasteiger charge is -2.19. The van der Waals surface area contributed by atoms with Crippen molar-refractivity contribution in [3.05, 3.63) is 70.2 Å². The Labute approximate surface area is 247 Å². The van der Waals surface area contributed by atoms with Gasteiger partial charge in [-0.05, 0) is 88.0 Å². The number of aromatic nitrogens is 3. The number of nitrogens with one attached hydrogen (secondary N) is 1. The number of carbonyl (C=O) groups is 1. The number of hydrogen-bond donors (Lipinski definition) is 2. The number of aromatic amines is 1. The van der Waals surface area contributed by atoms with Gasteiger partial charge in [0.05, 0.1) is 42.8 Å². The van der Waals surface area contributed by atoms with Crippen LogP contribution in [-0.2, 0) is 48.5 Å². The largest absolute Gasteiger partial charge is 0.493 e. The van der Waals surface area contributed by atoms with Gasteiger partial charge in [0.15, 0.2) is 0 Å². The van der Waals surface area contributed by atoms with E-state index >= 15 is 0 Å². The summed E-state index contributed by atoms with van der Waals surface area (Å²) in [7, 11) is 0. The summed E-state index contributed by atoms with van der Waals surface area (Å²) in [4.78, 5) is 12.9. The summed E-state index contributed by atoms with van der Waals surface area (Å²) in [6, 6.07) is 12.5. The summed E-state index contributed by atoms with van der Waals surface area (Å²) in [5.74, 6) is 0.0859. The second-order valence-electron chi connectivity index (χ2n) is 11.7. The van der Waals surface area contributed by atoms with Crippen LogP contribution in [0.1, 0.15) is 84.5 Å². The Bertz CT molecular complexity index is 1570. The van der Waals surface area contributed by atoms with Crippen molar-refractivity contribution in [3.63, 3.8) is 0 Å². The summed E-state index contributed by atoms with van der Waals surface area (Å²) in [6.07, 6.45) is 7.70. The fourth-order valence-electron chi connectivity index (χ4n) is 6.56. The molecule has 0 saturated carbocycles. The third-order valence-electron chi connectivity index (χ3n) is 8.48. The van der Waals surface area contributed by atoms with Gasteiger partial charge in [0.2, 0.25) is 0 Å². The van der Waals surface area contributed by atoms with Crippen molar-refractivity contribution >= 4 is 16.9 Å². The highest BCUT2D eigenvalue weighted by Crippen LogP contribution is 2.39. The molecule has 42 heavy (non-hydrogen) atoms. The Morgan fingerprint density at radius 2 is 1.98 bits per heavy atom. The number of hydrogen-bond acceptors (Lipinski definition) is 5. The lowest BCUT2D eigenvalue weighted by atomic mass is 9.91. The molecule has 2 aromatic carbocycles. The number of benzene rings is 2. The van der Waals surface area contributed by atoms with Gasteiger partial charge in [-0.15, -0.1) is 0 Å². The first-order valence-corrected chi connectivity index (χ1v) is 15.4. The van der Waals surface area contributed by atoms with Gasteiger partial charge in [-0.25, -0.2) is 4.79 Å². The molecule has 0 spiro atoms. The number of aryl methyl sites for hydroxylation is 3. The molecular weight excluding hydrogens is 530 g/mol. The molecule has 2 N–H and O–H groups in total. The molecule has 222 valence electrons. The van der Waals surface area contributed by atoms with E-state index in [2.05, 4.69) is 40.5 Å². The predicted molar refractivity (Wildman–Crippen MR) is 162 cm³/mol. The topological polar surface area (TPSA) is 98.6 Å². The number of nitrogens with zero attached hydrogens (tertiary/aromatic N) is 2. The summed E-state index contributed by atoms with van der Waals surface area (Å²) in [5.41, 5.74) is 8.53. The van der Waals surface area contributed by atoms with Crippen LogP contribution in [0.2, 0.25) is 0 Å². The van der Waals surface area contributed by atoms with Gasteiger partial charge in [0, 0.05) is 29.7 Å². The van der Waals surface area contributed by atoms with E-state index in [1.807, 2.05) is 24.5 Å². The van der Waals surface area contributed by atoms with E-state index < -0.39 is 5.97 Å². The SMILES string of the molecule is CC(C)OCc1n[nH]c2c1-c1cccc3c(CCCOc4cccc5c4CCCC5)c(C(=O)O)n(c13)CCCCOC2. The Hall–Kier alpha value is -3.62. The molecule has 0 saturated heterocycles. The third-order valence-corrected chi connectivity index (χ3v) is 8.48. The minimum absolute atomic E-state index is 0.0600. The van der Waals surface area contributed by atoms with Crippen LogP contribution in [0.3, 0.4) is 0 Å². The van der Waals surface area contributed by atoms with Crippen molar-refractivity contribution in [2.24, 2.45) is 0 Å². The van der Waals surface area contributed by atoms with Crippen LogP contribution in [0, 0.1) is 0 Å². The Balaban J connectivity index is 1.37. The molecule has 8 nitrogen and oxygen atoms in total. The number of rotatable bonds is 9. The van der Waals surface area contributed by atoms with Crippen molar-refractivity contribution in [1.29, 1.82) is 0 Å². The normalized spacial score (nSPS) is 15.3. The second-order valence-corrected chi connectivity index (χ2v) is 11.7. The van der Waals surface area contributed by atoms with Crippen LogP contribution >= 0.6 is 0 Å². The first-order valence-electron chi connectivity index (χ1n) is 15.4. The van der Waals surface area contributed by atoms with Crippen molar-refractivity contribution in [2.75, 3.05) is 13.2 Å². The Morgan fingerprint density at radius 3 is 2.83 bits per heavy atom. The van der Waals surface area contributed by atoms with Gasteiger partial charge in [-0.3, -0.25) is 5.10 Å². The molecule has 0 unspecified atom stereocenters. The van der Waals surface area contributed by atoms with Crippen LogP contribution in [0.4, 0.5) is 0 Å². The second kappa shape index (κ2) is 12.7. The molecule has 8 heteroatoms. The fraction of sp³-hybridized carbons (Fsp3) is 0.471. The minimum atomic E-state index is -0.896. The zero-order valence-corrected chi connectivity index (χ0v) is 24.7. The Morgan fingerprint density at radius 1 is 1.12 bits per heavy atom. The van der Waals surface area contributed by atoms with E-state index in [1.165, 1.54) is 24.0 Å². The molecule has 0 radical (unpaired) electrons. The maximum atomic E-state index is 12.9. The number of aromatic carboxylic acids is 1. The molecule has 2 aromatic heterocycles. The summed E-state index contributed by atoms with van der Waals surface area (Å²) < 4.78 is 20.3. The van der Waals surface area contributed by atoms with Crippen molar-refractivity contribution < 1.29 is 24.1 Å². The van der Waals surface area contributed by atoms with Crippen LogP contribution < -0.4 is 4.74 Å². The van der Waals surface area contributed by atoms with Crippen molar-refractivity contribution in [3.8, 4) is 16.9 Å². The highest BCUT2D eigenvalue weighted by atomic mass is 16.5. The highest BCUT2D eigenvalue weighted by molar-refractivity contribution is 6.04. The molecule has 4 aromatic rings. The summed E-state index contributed by atoms with van der Waals surface area (Å²) in [5, 5.41) is 19.3. The third kappa shape index (κ3) is 5.70. The maximum absolute atomic E-state index is 12.9. The molecule has 2 aliphatic rings. The fourth-order valence-corrected chi connectivity index (χ4v) is 6.56. The van der Waals surface area contributed by atoms with Crippen LogP contribution in [-0.4, -0.2) is 45.2 Å². The monoisotopic (exact) mass is 571 g/mol. The first-order chi connectivity index (χ1) is 20.5. The quantitative estimate of drug-likeness (QED) is 0.213. The van der Waals surface area contributed by atoms with Crippen LogP contribution in [0.15, 0.2) is 36.4 Å². The average Bonchev–Trinajstić information content (AvgIpc) is 3.53. The number of ether oxygens (including phenoxy) is 3. The van der Waals surface area contributed by atoms with E-state index in [-0.39, 0.29) is 6.10 Å². The number of carboxylic acid groups (broad SMARTS) is 1. The van der Waals surface area contributed by atoms with E-state index in [4.69, 9.17) is 14.2 Å². The van der Waals surface area contributed by atoms with Gasteiger partial charge < -0.3 is 23.9 Å². The van der Waals surface area contributed by atoms with Gasteiger partial charge in [0.1, 0.15) is 11.4 Å². The Kier molecular flexibility index (Phi) is 8.63. The molecule has 0 atom stereocenters. The molecule has 0 bridgehead atoms. The predicted octanol–water partition coefficient (Wildman–Crippen LogP) is 6.86. The van der Waals surface area contributed by atoms with Gasteiger partial charge in [0.25, 0.3) is 0 Å². The summed E-state index contributed by atoms with van der Waals surface area (Å²) in [6.45, 7) is 6.55. The lowest BCUT2D eigenvalue weighted by molar-refractivity contribution is 0.0638. The van der Waals surface area contributed by atoms with E-state index in [9.17, 15) is 9.90 Å². The van der Waals surface area contributed by atoms with Crippen molar-refractivity contribution in [2.45, 2.75) is 91.1 Å². The zero-order valence-electron chi connectivity index (χ0n) is 24.7. The average molecular weight is 572 g/mol. The van der Waals surface area contributed by atoms with E-state index in [0.717, 1.165) is 76.8 Å². The molecule has 6 rings (SSSR count). The molecular formula is C34H41N3O5. The van der Waals surface area contributed by atoms with Crippen LogP contribution in [0.5, 0.6) is 5.75 Å². The molecule has 3 heterocycles. The molecule has 1 aliphatic heterocycles. The standard InChI is InChI=1S/C34H41N3O5/c1-22(2)42-21-29-31-27-14-8-13-25-26(15-9-19-41-30-16-7-11-23-10-3-4-12-24(23)30)33(34(38)39)37(32(25)27)17-5-6-18-40-20-28(31)35-36-29/h7-8,11,13-14,16,22H,3-6,9-10,12,15,17-21H2,1-2H3,(H,35,36)(H,38,39). The van der Waals surface area contributed by atoms with E-state index in [1.54, 1.807) is 0 Å². The van der Waals surface area contributed by atoms with Gasteiger partial charge in [-0.2, -0.15) is 5.10 Å². The van der Waals surface area contributed by atoms with Gasteiger partial charge in [-0.1, -0.05) is 30.3 Å². The lowest BCUT2D eigenvalue weighted by Crippen LogP contribution is -2.12. The zero-order chi connectivity index (χ0) is 29.1. The highest BCUT2D eigenvalue weighted by Gasteiger charge is 2.27. The number of para-hydroxylation sites is 1. The molecule has 1 aliphatic carbocycles. The molecule has 0 fully saturated rings. The number of H-pyrrole nitrogens is 1. The first kappa shape index (κ1) is 28.5. The smallest absolute Gasteiger partial charge is 0.352 e.